The van der Waals surface area contributed by atoms with Crippen molar-refractivity contribution in [1.82, 2.24) is 4.72 Å². The van der Waals surface area contributed by atoms with Gasteiger partial charge in [0.25, 0.3) is 0 Å². The molecule has 3 N–H and O–H groups in total. The van der Waals surface area contributed by atoms with E-state index < -0.39 is 10.0 Å². The molecule has 1 fully saturated rings. The van der Waals surface area contributed by atoms with Gasteiger partial charge in [0.05, 0.1) is 4.90 Å². The van der Waals surface area contributed by atoms with E-state index in [1.54, 1.807) is 12.1 Å². The van der Waals surface area contributed by atoms with Gasteiger partial charge in [0.2, 0.25) is 10.0 Å². The third-order valence-corrected chi connectivity index (χ3v) is 6.02. The molecule has 1 aliphatic carbocycles. The summed E-state index contributed by atoms with van der Waals surface area (Å²) in [5, 5.41) is 0. The largest absolute Gasteiger partial charge is 0.399 e. The molecule has 6 heteroatoms. The van der Waals surface area contributed by atoms with Crippen LogP contribution < -0.4 is 10.5 Å². The predicted molar refractivity (Wildman–Crippen MR) is 80.3 cm³/mol. The lowest BCUT2D eigenvalue weighted by atomic mass is 10.1. The quantitative estimate of drug-likeness (QED) is 0.805. The van der Waals surface area contributed by atoms with Crippen molar-refractivity contribution >= 4 is 31.6 Å². The van der Waals surface area contributed by atoms with E-state index in [1.165, 1.54) is 31.7 Å². The average molecular weight is 347 g/mol. The molecule has 0 saturated heterocycles. The van der Waals surface area contributed by atoms with Crippen LogP contribution in [0.4, 0.5) is 5.69 Å². The molecule has 0 unspecified atom stereocenters. The average Bonchev–Trinajstić information content (AvgIpc) is 2.85. The first-order chi connectivity index (χ1) is 8.99. The van der Waals surface area contributed by atoms with Crippen molar-refractivity contribution in [2.75, 3.05) is 12.3 Å². The normalized spacial score (nSPS) is 16.9. The molecule has 0 aliphatic heterocycles. The van der Waals surface area contributed by atoms with E-state index >= 15 is 0 Å². The second-order valence-electron chi connectivity index (χ2n) is 5.03. The zero-order chi connectivity index (χ0) is 13.9. The van der Waals surface area contributed by atoms with Gasteiger partial charge in [0.1, 0.15) is 0 Å². The van der Waals surface area contributed by atoms with Gasteiger partial charge in [0, 0.05) is 16.7 Å². The first kappa shape index (κ1) is 14.8. The van der Waals surface area contributed by atoms with Gasteiger partial charge in [-0.1, -0.05) is 25.7 Å². The van der Waals surface area contributed by atoms with Gasteiger partial charge in [0.15, 0.2) is 0 Å². The summed E-state index contributed by atoms with van der Waals surface area (Å²) in [7, 11) is -3.48. The third-order valence-electron chi connectivity index (χ3n) is 3.56. The summed E-state index contributed by atoms with van der Waals surface area (Å²) in [6.07, 6.45) is 5.92. The number of nitrogens with two attached hydrogens (primary N) is 1. The van der Waals surface area contributed by atoms with Gasteiger partial charge in [-0.05, 0) is 46.5 Å². The van der Waals surface area contributed by atoms with Crippen LogP contribution in [0.5, 0.6) is 0 Å². The van der Waals surface area contributed by atoms with E-state index in [9.17, 15) is 8.42 Å². The number of halogens is 1. The van der Waals surface area contributed by atoms with Crippen molar-refractivity contribution in [3.63, 3.8) is 0 Å². The number of sulfonamides is 1. The van der Waals surface area contributed by atoms with Crippen LogP contribution >= 0.6 is 15.9 Å². The summed E-state index contributed by atoms with van der Waals surface area (Å²) in [6, 6.07) is 4.80. The van der Waals surface area contributed by atoms with E-state index in [1.807, 2.05) is 0 Å². The summed E-state index contributed by atoms with van der Waals surface area (Å²) in [6.45, 7) is 0.494. The minimum Gasteiger partial charge on any atom is -0.399 e. The minimum absolute atomic E-state index is 0.207. The van der Waals surface area contributed by atoms with E-state index in [0.29, 0.717) is 22.6 Å². The smallest absolute Gasteiger partial charge is 0.241 e. The van der Waals surface area contributed by atoms with Gasteiger partial charge >= 0.3 is 0 Å². The molecule has 0 radical (unpaired) electrons. The number of anilines is 1. The lowest BCUT2D eigenvalue weighted by Gasteiger charge is -2.11. The number of hydrogen-bond donors (Lipinski definition) is 2. The molecule has 1 aromatic rings. The highest BCUT2D eigenvalue weighted by Crippen LogP contribution is 2.28. The molecule has 1 aliphatic rings. The fraction of sp³-hybridized carbons (Fsp3) is 0.538. The molecule has 0 heterocycles. The zero-order valence-electron chi connectivity index (χ0n) is 10.7. The maximum absolute atomic E-state index is 12.2. The Balaban J connectivity index is 1.99. The Morgan fingerprint density at radius 1 is 1.32 bits per heavy atom. The molecular weight excluding hydrogens is 328 g/mol. The Morgan fingerprint density at radius 3 is 2.68 bits per heavy atom. The predicted octanol–water partition coefficient (Wildman–Crippen LogP) is 2.89. The van der Waals surface area contributed by atoms with Crippen molar-refractivity contribution in [3.8, 4) is 0 Å². The molecule has 0 bridgehead atoms. The Kier molecular flexibility index (Phi) is 4.86. The molecule has 1 saturated carbocycles. The number of hydrogen-bond acceptors (Lipinski definition) is 3. The van der Waals surface area contributed by atoms with Crippen molar-refractivity contribution < 1.29 is 8.42 Å². The summed E-state index contributed by atoms with van der Waals surface area (Å²) in [5.41, 5.74) is 6.08. The summed E-state index contributed by atoms with van der Waals surface area (Å²) < 4.78 is 27.6. The SMILES string of the molecule is Nc1ccc(Br)c(S(=O)(=O)NCCC2CCCC2)c1. The maximum atomic E-state index is 12.2. The fourth-order valence-corrected chi connectivity index (χ4v) is 4.54. The van der Waals surface area contributed by atoms with Crippen LogP contribution in [0.3, 0.4) is 0 Å². The van der Waals surface area contributed by atoms with Gasteiger partial charge in [-0.25, -0.2) is 13.1 Å². The fourth-order valence-electron chi connectivity index (χ4n) is 2.50. The topological polar surface area (TPSA) is 72.2 Å². The lowest BCUT2D eigenvalue weighted by Crippen LogP contribution is -2.26. The van der Waals surface area contributed by atoms with Crippen LogP contribution in [0.1, 0.15) is 32.1 Å². The van der Waals surface area contributed by atoms with Crippen LogP contribution in [0, 0.1) is 5.92 Å². The summed E-state index contributed by atoms with van der Waals surface area (Å²) in [4.78, 5) is 0.207. The van der Waals surface area contributed by atoms with Crippen molar-refractivity contribution in [3.05, 3.63) is 22.7 Å². The van der Waals surface area contributed by atoms with Crippen LogP contribution in [0.15, 0.2) is 27.6 Å². The van der Waals surface area contributed by atoms with E-state index in [2.05, 4.69) is 20.7 Å². The van der Waals surface area contributed by atoms with Gasteiger partial charge in [-0.15, -0.1) is 0 Å². The van der Waals surface area contributed by atoms with Crippen LogP contribution in [-0.4, -0.2) is 15.0 Å². The van der Waals surface area contributed by atoms with Gasteiger partial charge in [-0.3, -0.25) is 0 Å². The molecule has 1 aromatic carbocycles. The first-order valence-electron chi connectivity index (χ1n) is 6.54. The van der Waals surface area contributed by atoms with Gasteiger partial charge in [-0.2, -0.15) is 0 Å². The zero-order valence-corrected chi connectivity index (χ0v) is 13.1. The number of benzene rings is 1. The van der Waals surface area contributed by atoms with E-state index in [0.717, 1.165) is 6.42 Å². The molecule has 0 amide bonds. The van der Waals surface area contributed by atoms with Crippen LogP contribution in [-0.2, 0) is 10.0 Å². The highest BCUT2D eigenvalue weighted by molar-refractivity contribution is 9.10. The molecule has 106 valence electrons. The maximum Gasteiger partial charge on any atom is 0.241 e. The highest BCUT2D eigenvalue weighted by atomic mass is 79.9. The third kappa shape index (κ3) is 3.94. The molecule has 0 spiro atoms. The van der Waals surface area contributed by atoms with Gasteiger partial charge < -0.3 is 5.73 Å². The second-order valence-corrected chi connectivity index (χ2v) is 7.62. The molecule has 4 nitrogen and oxygen atoms in total. The van der Waals surface area contributed by atoms with Crippen LogP contribution in [0.25, 0.3) is 0 Å². The molecule has 0 atom stereocenters. The first-order valence-corrected chi connectivity index (χ1v) is 8.81. The molecule has 0 aromatic heterocycles. The molecule has 19 heavy (non-hydrogen) atoms. The monoisotopic (exact) mass is 346 g/mol. The Bertz CT molecular complexity index is 540. The highest BCUT2D eigenvalue weighted by Gasteiger charge is 2.19. The number of nitrogen functional groups attached to an aromatic ring is 1. The molecular formula is C13H19BrN2O2S. The number of nitrogens with one attached hydrogen (secondary N) is 1. The Morgan fingerprint density at radius 2 is 2.00 bits per heavy atom. The lowest BCUT2D eigenvalue weighted by molar-refractivity contribution is 0.495. The van der Waals surface area contributed by atoms with Crippen LogP contribution in [0.2, 0.25) is 0 Å². The Hall–Kier alpha value is -0.590. The van der Waals surface area contributed by atoms with E-state index in [4.69, 9.17) is 5.73 Å². The van der Waals surface area contributed by atoms with Crippen molar-refractivity contribution in [1.29, 1.82) is 0 Å². The van der Waals surface area contributed by atoms with E-state index in [-0.39, 0.29) is 4.90 Å². The standard InChI is InChI=1S/C13H19BrN2O2S/c14-12-6-5-11(15)9-13(12)19(17,18)16-8-7-10-3-1-2-4-10/h5-6,9-10,16H,1-4,7-8,15H2. The van der Waals surface area contributed by atoms with Crippen molar-refractivity contribution in [2.24, 2.45) is 5.92 Å². The molecule has 2 rings (SSSR count). The second kappa shape index (κ2) is 6.24. The summed E-state index contributed by atoms with van der Waals surface area (Å²) >= 11 is 3.25. The summed E-state index contributed by atoms with van der Waals surface area (Å²) in [5.74, 6) is 0.673. The number of rotatable bonds is 5. The Labute approximate surface area is 122 Å². The minimum atomic E-state index is -3.48. The van der Waals surface area contributed by atoms with Crippen molar-refractivity contribution in [2.45, 2.75) is 37.0 Å².